The molecule has 3 aromatic rings. The Morgan fingerprint density at radius 1 is 1.06 bits per heavy atom. The molecule has 9 nitrogen and oxygen atoms in total. The van der Waals surface area contributed by atoms with Gasteiger partial charge in [-0.05, 0) is 49.7 Å². The molecule has 2 aromatic heterocycles. The van der Waals surface area contributed by atoms with E-state index in [1.54, 1.807) is 24.2 Å². The minimum atomic E-state index is -0.522. The first kappa shape index (κ1) is 24.1. The Morgan fingerprint density at radius 3 is 2.57 bits per heavy atom. The maximum Gasteiger partial charge on any atom is 0.325 e. The molecule has 0 bridgehead atoms. The summed E-state index contributed by atoms with van der Waals surface area (Å²) in [5.74, 6) is -0.153. The molecule has 1 aromatic carbocycles. The lowest BCUT2D eigenvalue weighted by Crippen LogP contribution is -2.50. The van der Waals surface area contributed by atoms with Crippen LogP contribution in [0.5, 0.6) is 0 Å². The van der Waals surface area contributed by atoms with E-state index in [-0.39, 0.29) is 25.6 Å². The molecule has 0 saturated heterocycles. The van der Waals surface area contributed by atoms with E-state index >= 15 is 0 Å². The lowest BCUT2D eigenvalue weighted by Gasteiger charge is -2.38. The van der Waals surface area contributed by atoms with Gasteiger partial charge in [0.25, 0.3) is 0 Å². The molecule has 1 aliphatic heterocycles. The van der Waals surface area contributed by atoms with Crippen LogP contribution in [0.25, 0.3) is 5.69 Å². The zero-order valence-corrected chi connectivity index (χ0v) is 20.0. The summed E-state index contributed by atoms with van der Waals surface area (Å²) in [5, 5.41) is 2.57. The van der Waals surface area contributed by atoms with Crippen molar-refractivity contribution in [1.29, 1.82) is 0 Å². The normalized spacial score (nSPS) is 14.1. The summed E-state index contributed by atoms with van der Waals surface area (Å²) in [6.07, 6.45) is 5.12. The van der Waals surface area contributed by atoms with Crippen molar-refractivity contribution in [3.63, 3.8) is 0 Å². The van der Waals surface area contributed by atoms with Crippen LogP contribution in [-0.2, 0) is 14.3 Å². The average molecular weight is 479 g/mol. The van der Waals surface area contributed by atoms with Crippen LogP contribution in [0.1, 0.15) is 44.2 Å². The zero-order valence-electron chi connectivity index (χ0n) is 20.0. The number of ether oxygens (including phenoxy) is 1. The summed E-state index contributed by atoms with van der Waals surface area (Å²) >= 11 is 0. The SMILES string of the molecule is CCCCN(CC(=O)N1c2ccccc2-n2cccc2C1c1ccco1)C(=O)NCC(=O)OCC. The van der Waals surface area contributed by atoms with Crippen LogP contribution in [0.2, 0.25) is 0 Å². The number of carbonyl (C=O) groups is 3. The Bertz CT molecular complexity index is 1170. The van der Waals surface area contributed by atoms with Crippen molar-refractivity contribution in [1.82, 2.24) is 14.8 Å². The number of furan rings is 1. The van der Waals surface area contributed by atoms with Gasteiger partial charge in [0, 0.05) is 12.7 Å². The van der Waals surface area contributed by atoms with Crippen molar-refractivity contribution in [2.45, 2.75) is 32.7 Å². The number of amides is 3. The topological polar surface area (TPSA) is 97.0 Å². The van der Waals surface area contributed by atoms with E-state index in [1.165, 1.54) is 4.90 Å². The summed E-state index contributed by atoms with van der Waals surface area (Å²) in [6, 6.07) is 14.2. The molecule has 35 heavy (non-hydrogen) atoms. The quantitative estimate of drug-likeness (QED) is 0.471. The molecule has 184 valence electrons. The van der Waals surface area contributed by atoms with Gasteiger partial charge in [0.2, 0.25) is 5.91 Å². The molecule has 0 fully saturated rings. The molecule has 4 rings (SSSR count). The molecule has 1 N–H and O–H groups in total. The fraction of sp³-hybridized carbons (Fsp3) is 0.346. The molecule has 0 radical (unpaired) electrons. The predicted octanol–water partition coefficient (Wildman–Crippen LogP) is 3.88. The zero-order chi connectivity index (χ0) is 24.8. The Labute approximate surface area is 204 Å². The van der Waals surface area contributed by atoms with Gasteiger partial charge in [0.1, 0.15) is 24.9 Å². The number of unbranched alkanes of at least 4 members (excludes halogenated alkanes) is 1. The van der Waals surface area contributed by atoms with Gasteiger partial charge in [-0.1, -0.05) is 25.5 Å². The molecule has 1 unspecified atom stereocenters. The second kappa shape index (κ2) is 10.9. The van der Waals surface area contributed by atoms with Crippen LogP contribution < -0.4 is 10.2 Å². The molecular weight excluding hydrogens is 448 g/mol. The van der Waals surface area contributed by atoms with Crippen molar-refractivity contribution in [2.24, 2.45) is 0 Å². The number of hydrogen-bond donors (Lipinski definition) is 1. The van der Waals surface area contributed by atoms with Gasteiger partial charge in [-0.15, -0.1) is 0 Å². The highest BCUT2D eigenvalue weighted by Gasteiger charge is 2.38. The van der Waals surface area contributed by atoms with Crippen LogP contribution in [0.3, 0.4) is 0 Å². The van der Waals surface area contributed by atoms with Crippen molar-refractivity contribution in [3.05, 3.63) is 72.4 Å². The first-order valence-corrected chi connectivity index (χ1v) is 11.9. The molecule has 3 heterocycles. The molecule has 0 spiro atoms. The van der Waals surface area contributed by atoms with Gasteiger partial charge >= 0.3 is 12.0 Å². The highest BCUT2D eigenvalue weighted by atomic mass is 16.5. The van der Waals surface area contributed by atoms with Crippen molar-refractivity contribution in [3.8, 4) is 5.69 Å². The fourth-order valence-corrected chi connectivity index (χ4v) is 4.29. The smallest absolute Gasteiger partial charge is 0.325 e. The average Bonchev–Trinajstić information content (AvgIpc) is 3.57. The minimum Gasteiger partial charge on any atom is -0.467 e. The Kier molecular flexibility index (Phi) is 7.54. The number of esters is 1. The number of hydrogen-bond acceptors (Lipinski definition) is 5. The van der Waals surface area contributed by atoms with Gasteiger partial charge in [0.15, 0.2) is 0 Å². The van der Waals surface area contributed by atoms with Crippen LogP contribution in [0.15, 0.2) is 65.4 Å². The first-order chi connectivity index (χ1) is 17.0. The molecule has 3 amide bonds. The summed E-state index contributed by atoms with van der Waals surface area (Å²) in [7, 11) is 0. The third-order valence-corrected chi connectivity index (χ3v) is 5.89. The van der Waals surface area contributed by atoms with Crippen LogP contribution >= 0.6 is 0 Å². The number of nitrogens with one attached hydrogen (secondary N) is 1. The second-order valence-corrected chi connectivity index (χ2v) is 8.21. The summed E-state index contributed by atoms with van der Waals surface area (Å²) in [6.45, 7) is 3.93. The maximum atomic E-state index is 13.9. The van der Waals surface area contributed by atoms with Crippen LogP contribution in [-0.4, -0.2) is 53.6 Å². The standard InChI is InChI=1S/C26H30N4O5/c1-3-5-14-28(26(33)27-17-24(32)34-4-2)18-23(31)30-20-11-7-6-10-19(20)29-15-8-12-21(29)25(30)22-13-9-16-35-22/h6-13,15-16,25H,3-5,14,17-18H2,1-2H3,(H,27,33). The number of carbonyl (C=O) groups excluding carboxylic acids is 3. The first-order valence-electron chi connectivity index (χ1n) is 11.9. The van der Waals surface area contributed by atoms with E-state index in [4.69, 9.17) is 9.15 Å². The molecule has 0 aliphatic carbocycles. The van der Waals surface area contributed by atoms with E-state index in [0.29, 0.717) is 12.3 Å². The predicted molar refractivity (Wildman–Crippen MR) is 130 cm³/mol. The van der Waals surface area contributed by atoms with Crippen molar-refractivity contribution >= 4 is 23.6 Å². The van der Waals surface area contributed by atoms with Gasteiger partial charge in [0.05, 0.1) is 29.9 Å². The molecule has 1 aliphatic rings. The maximum absolute atomic E-state index is 13.9. The third-order valence-electron chi connectivity index (χ3n) is 5.89. The molecule has 0 saturated carbocycles. The number of benzene rings is 1. The molecule has 1 atom stereocenters. The fourth-order valence-electron chi connectivity index (χ4n) is 4.29. The van der Waals surface area contributed by atoms with Crippen LogP contribution in [0, 0.1) is 0 Å². The largest absolute Gasteiger partial charge is 0.467 e. The summed E-state index contributed by atoms with van der Waals surface area (Å²) < 4.78 is 12.7. The highest BCUT2D eigenvalue weighted by Crippen LogP contribution is 2.42. The monoisotopic (exact) mass is 478 g/mol. The summed E-state index contributed by atoms with van der Waals surface area (Å²) in [5.41, 5.74) is 2.49. The number of para-hydroxylation sites is 2. The number of aromatic nitrogens is 1. The van der Waals surface area contributed by atoms with Gasteiger partial charge < -0.3 is 23.9 Å². The Balaban J connectivity index is 1.63. The second-order valence-electron chi connectivity index (χ2n) is 8.21. The van der Waals surface area contributed by atoms with E-state index in [1.807, 2.05) is 60.2 Å². The number of rotatable bonds is 9. The van der Waals surface area contributed by atoms with Gasteiger partial charge in [-0.3, -0.25) is 14.5 Å². The van der Waals surface area contributed by atoms with E-state index in [0.717, 1.165) is 29.9 Å². The Morgan fingerprint density at radius 2 is 1.86 bits per heavy atom. The van der Waals surface area contributed by atoms with Crippen molar-refractivity contribution in [2.75, 3.05) is 31.1 Å². The Hall–Kier alpha value is -4.01. The molecular formula is C26H30N4O5. The van der Waals surface area contributed by atoms with Gasteiger partial charge in [-0.2, -0.15) is 0 Å². The third kappa shape index (κ3) is 5.08. The lowest BCUT2D eigenvalue weighted by molar-refractivity contribution is -0.141. The van der Waals surface area contributed by atoms with Crippen molar-refractivity contribution < 1.29 is 23.5 Å². The highest BCUT2D eigenvalue weighted by molar-refractivity contribution is 6.00. The van der Waals surface area contributed by atoms with E-state index in [2.05, 4.69) is 5.32 Å². The van der Waals surface area contributed by atoms with Gasteiger partial charge in [-0.25, -0.2) is 4.79 Å². The number of fused-ring (bicyclic) bond motifs is 3. The summed E-state index contributed by atoms with van der Waals surface area (Å²) in [4.78, 5) is 41.6. The number of nitrogens with zero attached hydrogens (tertiary/aromatic N) is 3. The minimum absolute atomic E-state index is 0.152. The van der Waals surface area contributed by atoms with Crippen LogP contribution in [0.4, 0.5) is 10.5 Å². The molecule has 9 heteroatoms. The van der Waals surface area contributed by atoms with E-state index in [9.17, 15) is 14.4 Å². The number of urea groups is 1. The lowest BCUT2D eigenvalue weighted by atomic mass is 10.0. The van der Waals surface area contributed by atoms with E-state index < -0.39 is 18.0 Å². The number of anilines is 1.